The van der Waals surface area contributed by atoms with Crippen molar-refractivity contribution in [3.8, 4) is 0 Å². The van der Waals surface area contributed by atoms with Crippen LogP contribution < -0.4 is 0 Å². The van der Waals surface area contributed by atoms with Gasteiger partial charge >= 0.3 is 0 Å². The van der Waals surface area contributed by atoms with E-state index in [1.807, 2.05) is 6.92 Å². The average Bonchev–Trinajstić information content (AvgIpc) is 2.49. The highest BCUT2D eigenvalue weighted by molar-refractivity contribution is 8.12. The highest BCUT2D eigenvalue weighted by Crippen LogP contribution is 2.30. The average molecular weight is 286 g/mol. The molecule has 1 aromatic rings. The zero-order chi connectivity index (χ0) is 11.5. The molecule has 0 saturated carbocycles. The second kappa shape index (κ2) is 5.39. The predicted molar refractivity (Wildman–Crippen MR) is 63.4 cm³/mol. The number of aromatic amines is 1. The van der Waals surface area contributed by atoms with E-state index in [9.17, 15) is 8.42 Å². The van der Waals surface area contributed by atoms with Crippen molar-refractivity contribution in [1.29, 1.82) is 0 Å². The topological polar surface area (TPSA) is 83.0 Å². The molecule has 1 aromatic heterocycles. The largest absolute Gasteiger partial charge is 0.285 e. The Labute approximate surface area is 101 Å². The summed E-state index contributed by atoms with van der Waals surface area (Å²) in [6.07, 6.45) is 1.06. The first-order valence-electron chi connectivity index (χ1n) is 4.12. The molecule has 0 fully saturated rings. The molecule has 1 rings (SSSR count). The van der Waals surface area contributed by atoms with E-state index >= 15 is 0 Å². The van der Waals surface area contributed by atoms with Crippen LogP contribution in [0.5, 0.6) is 0 Å². The van der Waals surface area contributed by atoms with Crippen LogP contribution in [-0.4, -0.2) is 27.7 Å². The molecule has 9 heteroatoms. The fourth-order valence-electron chi connectivity index (χ4n) is 0.883. The first kappa shape index (κ1) is 13.1. The molecule has 0 spiro atoms. The van der Waals surface area contributed by atoms with Crippen molar-refractivity contribution in [1.82, 2.24) is 10.2 Å². The van der Waals surface area contributed by atoms with Crippen molar-refractivity contribution in [2.45, 2.75) is 28.7 Å². The lowest BCUT2D eigenvalue weighted by Gasteiger charge is -2.09. The molecule has 1 unspecified atom stereocenters. The molecule has 0 aromatic carbocycles. The Hall–Kier alpha value is 0.0400. The molecule has 1 atom stereocenters. The van der Waals surface area contributed by atoms with Gasteiger partial charge in [0.05, 0.1) is 0 Å². The van der Waals surface area contributed by atoms with Gasteiger partial charge in [0.1, 0.15) is 4.58 Å². The molecule has 0 radical (unpaired) electrons. The molecule has 0 aliphatic heterocycles. The monoisotopic (exact) mass is 286 g/mol. The fraction of sp³-hybridized carbons (Fsp3) is 0.667. The van der Waals surface area contributed by atoms with Gasteiger partial charge in [-0.25, -0.2) is 0 Å². The number of hydrogen-bond donors (Lipinski definition) is 2. The van der Waals surface area contributed by atoms with E-state index < -0.39 is 14.7 Å². The van der Waals surface area contributed by atoms with Crippen LogP contribution in [0.2, 0.25) is 0 Å². The molecule has 5 nitrogen and oxygen atoms in total. The predicted octanol–water partition coefficient (Wildman–Crippen LogP) is 2.31. The van der Waals surface area contributed by atoms with Gasteiger partial charge in [0.15, 0.2) is 8.29 Å². The van der Waals surface area contributed by atoms with E-state index in [2.05, 4.69) is 10.2 Å². The quantitative estimate of drug-likeness (QED) is 0.491. The number of nitrogens with zero attached hydrogens (tertiary/aromatic N) is 1. The van der Waals surface area contributed by atoms with Crippen molar-refractivity contribution < 1.29 is 13.0 Å². The van der Waals surface area contributed by atoms with Gasteiger partial charge < -0.3 is 0 Å². The van der Waals surface area contributed by atoms with Crippen molar-refractivity contribution in [2.75, 3.05) is 0 Å². The van der Waals surface area contributed by atoms with E-state index in [1.165, 1.54) is 11.3 Å². The molecular formula is C6H10N2O3S4. The van der Waals surface area contributed by atoms with Crippen LogP contribution in [0.1, 0.15) is 19.8 Å². The number of H-pyrrole nitrogens is 1. The van der Waals surface area contributed by atoms with Crippen molar-refractivity contribution in [3.05, 3.63) is 3.95 Å². The van der Waals surface area contributed by atoms with E-state index in [0.717, 1.165) is 11.8 Å². The highest BCUT2D eigenvalue weighted by atomic mass is 32.3. The Bertz CT molecular complexity index is 463. The number of nitrogens with one attached hydrogen (secondary N) is 1. The smallest absolute Gasteiger partial charge is 0.277 e. The van der Waals surface area contributed by atoms with E-state index in [4.69, 9.17) is 16.8 Å². The zero-order valence-electron chi connectivity index (χ0n) is 7.84. The summed E-state index contributed by atoms with van der Waals surface area (Å²) in [6, 6.07) is 0. The fourth-order valence-corrected chi connectivity index (χ4v) is 4.61. The summed E-state index contributed by atoms with van der Waals surface area (Å²) >= 11 is 7.03. The first-order valence-corrected chi connectivity index (χ1v) is 7.72. The summed E-state index contributed by atoms with van der Waals surface area (Å²) in [5.41, 5.74) is 0. The zero-order valence-corrected chi connectivity index (χ0v) is 11.1. The summed E-state index contributed by atoms with van der Waals surface area (Å²) in [6.45, 7) is 1.85. The molecule has 1 heterocycles. The number of rotatable bonds is 5. The third kappa shape index (κ3) is 4.19. The van der Waals surface area contributed by atoms with Crippen molar-refractivity contribution in [3.63, 3.8) is 0 Å². The second-order valence-corrected chi connectivity index (χ2v) is 7.74. The maximum absolute atomic E-state index is 11.0. The summed E-state index contributed by atoms with van der Waals surface area (Å²) in [5, 5.41) is 6.38. The van der Waals surface area contributed by atoms with Crippen LogP contribution in [0.4, 0.5) is 0 Å². The van der Waals surface area contributed by atoms with E-state index in [0.29, 0.717) is 21.1 Å². The Morgan fingerprint density at radius 3 is 2.80 bits per heavy atom. The normalized spacial score (nSPS) is 14.0. The first-order chi connectivity index (χ1) is 6.93. The van der Waals surface area contributed by atoms with Gasteiger partial charge in [0.25, 0.3) is 10.1 Å². The maximum Gasteiger partial charge on any atom is 0.277 e. The maximum atomic E-state index is 11.0. The minimum Gasteiger partial charge on any atom is -0.285 e. The molecule has 0 aliphatic carbocycles. The summed E-state index contributed by atoms with van der Waals surface area (Å²) < 4.78 is 31.1. The Balaban J connectivity index is 2.80. The van der Waals surface area contributed by atoms with Gasteiger partial charge in [-0.05, 0) is 18.6 Å². The molecule has 0 bridgehead atoms. The summed E-state index contributed by atoms with van der Waals surface area (Å²) in [4.78, 5) is 0. The van der Waals surface area contributed by atoms with Gasteiger partial charge in [-0.2, -0.15) is 13.5 Å². The molecule has 0 aliphatic rings. The van der Waals surface area contributed by atoms with Gasteiger partial charge in [-0.1, -0.05) is 36.4 Å². The van der Waals surface area contributed by atoms with Crippen molar-refractivity contribution in [2.24, 2.45) is 0 Å². The molecular weight excluding hydrogens is 276 g/mol. The van der Waals surface area contributed by atoms with Gasteiger partial charge in [0.2, 0.25) is 0 Å². The molecule has 2 N–H and O–H groups in total. The van der Waals surface area contributed by atoms with Crippen LogP contribution in [0.3, 0.4) is 0 Å². The Kier molecular flexibility index (Phi) is 4.71. The third-order valence-electron chi connectivity index (χ3n) is 1.51. The standard InChI is InChI=1S/C6H10N2O3S4/c1-2-3-4(15(9,10)11)13-6-8-7-5(12)14-6/h4H,2-3H2,1H3,(H,7,12)(H,9,10,11). The van der Waals surface area contributed by atoms with E-state index in [1.54, 1.807) is 0 Å². The minimum absolute atomic E-state index is 0.385. The molecule has 86 valence electrons. The van der Waals surface area contributed by atoms with Crippen LogP contribution in [0.15, 0.2) is 4.34 Å². The summed E-state index contributed by atoms with van der Waals surface area (Å²) in [7, 11) is -4.03. The molecule has 0 amide bonds. The highest BCUT2D eigenvalue weighted by Gasteiger charge is 2.24. The number of hydrogen-bond acceptors (Lipinski definition) is 6. The lowest BCUT2D eigenvalue weighted by molar-refractivity contribution is 0.477. The van der Waals surface area contributed by atoms with Crippen LogP contribution in [0, 0.1) is 3.95 Å². The second-order valence-electron chi connectivity index (χ2n) is 2.73. The minimum atomic E-state index is -4.03. The van der Waals surface area contributed by atoms with Crippen LogP contribution in [0.25, 0.3) is 0 Å². The van der Waals surface area contributed by atoms with E-state index in [-0.39, 0.29) is 0 Å². The third-order valence-corrected chi connectivity index (χ3v) is 5.64. The Morgan fingerprint density at radius 2 is 2.40 bits per heavy atom. The van der Waals surface area contributed by atoms with Gasteiger partial charge in [0, 0.05) is 0 Å². The van der Waals surface area contributed by atoms with Crippen LogP contribution >= 0.6 is 35.3 Å². The summed E-state index contributed by atoms with van der Waals surface area (Å²) in [5.74, 6) is 0. The van der Waals surface area contributed by atoms with Crippen LogP contribution in [-0.2, 0) is 10.1 Å². The SMILES string of the molecule is CCCC(Sc1n[nH]c(=S)s1)S(=O)(=O)O. The number of aromatic nitrogens is 2. The molecule has 0 saturated heterocycles. The lowest BCUT2D eigenvalue weighted by atomic mass is 10.4. The van der Waals surface area contributed by atoms with Gasteiger partial charge in [-0.3, -0.25) is 9.65 Å². The molecule has 15 heavy (non-hydrogen) atoms. The Morgan fingerprint density at radius 1 is 1.73 bits per heavy atom. The number of thioether (sulfide) groups is 1. The van der Waals surface area contributed by atoms with Crippen molar-refractivity contribution >= 4 is 45.4 Å². The lowest BCUT2D eigenvalue weighted by Crippen LogP contribution is -2.16. The van der Waals surface area contributed by atoms with Gasteiger partial charge in [-0.15, -0.1) is 0 Å².